The number of anilines is 1. The van der Waals surface area contributed by atoms with Crippen LogP contribution in [-0.4, -0.2) is 9.38 Å². The van der Waals surface area contributed by atoms with Crippen molar-refractivity contribution < 1.29 is 0 Å². The van der Waals surface area contributed by atoms with E-state index in [1.165, 1.54) is 0 Å². The quantitative estimate of drug-likeness (QED) is 0.588. The Bertz CT molecular complexity index is 661. The molecule has 2 heterocycles. The largest absolute Gasteiger partial charge is 0.398 e. The van der Waals surface area contributed by atoms with Crippen LogP contribution in [0.25, 0.3) is 4.96 Å². The summed E-state index contributed by atoms with van der Waals surface area (Å²) in [5.74, 6) is 0.806. The van der Waals surface area contributed by atoms with E-state index in [2.05, 4.69) is 4.98 Å². The van der Waals surface area contributed by atoms with Crippen molar-refractivity contribution >= 4 is 45.3 Å². The number of nitrogen functional groups attached to an aromatic ring is 1. The van der Waals surface area contributed by atoms with Crippen LogP contribution in [0, 0.1) is 0 Å². The third-order valence-corrected chi connectivity index (χ3v) is 4.62. The molecule has 3 rings (SSSR count). The predicted molar refractivity (Wildman–Crippen MR) is 78.5 cm³/mol. The van der Waals surface area contributed by atoms with Crippen LogP contribution in [0.1, 0.15) is 5.69 Å². The van der Waals surface area contributed by atoms with E-state index in [9.17, 15) is 0 Å². The van der Waals surface area contributed by atoms with Gasteiger partial charge in [0.15, 0.2) is 4.96 Å². The molecular formula is C12H10ClN3S2. The molecule has 0 radical (unpaired) electrons. The number of thiazole rings is 1. The second-order valence-electron chi connectivity index (χ2n) is 3.80. The summed E-state index contributed by atoms with van der Waals surface area (Å²) in [4.78, 5) is 6.59. The average molecular weight is 296 g/mol. The van der Waals surface area contributed by atoms with Crippen molar-refractivity contribution in [3.05, 3.63) is 46.7 Å². The van der Waals surface area contributed by atoms with E-state index in [4.69, 9.17) is 17.3 Å². The molecule has 0 bridgehead atoms. The summed E-state index contributed by atoms with van der Waals surface area (Å²) >= 11 is 9.18. The molecule has 2 N–H and O–H groups in total. The summed E-state index contributed by atoms with van der Waals surface area (Å²) in [5, 5.41) is 2.69. The fourth-order valence-corrected chi connectivity index (χ4v) is 3.38. The van der Waals surface area contributed by atoms with Gasteiger partial charge in [-0.05, 0) is 18.2 Å². The topological polar surface area (TPSA) is 43.3 Å². The lowest BCUT2D eigenvalue weighted by atomic mass is 10.3. The molecule has 0 saturated carbocycles. The van der Waals surface area contributed by atoms with E-state index in [-0.39, 0.29) is 0 Å². The van der Waals surface area contributed by atoms with E-state index in [0.29, 0.717) is 10.7 Å². The number of hydrogen-bond donors (Lipinski definition) is 1. The molecule has 0 saturated heterocycles. The van der Waals surface area contributed by atoms with Crippen molar-refractivity contribution in [1.82, 2.24) is 9.38 Å². The molecule has 18 heavy (non-hydrogen) atoms. The second kappa shape index (κ2) is 4.84. The zero-order valence-electron chi connectivity index (χ0n) is 9.34. The highest BCUT2D eigenvalue weighted by atomic mass is 35.5. The minimum atomic E-state index is 0.666. The summed E-state index contributed by atoms with van der Waals surface area (Å²) in [6.07, 6.45) is 4.06. The Labute approximate surface area is 118 Å². The third kappa shape index (κ3) is 2.34. The Morgan fingerprint density at radius 1 is 1.44 bits per heavy atom. The van der Waals surface area contributed by atoms with Crippen molar-refractivity contribution in [2.75, 3.05) is 5.73 Å². The minimum absolute atomic E-state index is 0.666. The summed E-state index contributed by atoms with van der Waals surface area (Å²) in [6.45, 7) is 0. The fraction of sp³-hybridized carbons (Fsp3) is 0.0833. The van der Waals surface area contributed by atoms with Gasteiger partial charge >= 0.3 is 0 Å². The van der Waals surface area contributed by atoms with Gasteiger partial charge in [-0.25, -0.2) is 4.98 Å². The van der Waals surface area contributed by atoms with Crippen molar-refractivity contribution in [1.29, 1.82) is 0 Å². The predicted octanol–water partition coefficient (Wildman–Crippen LogP) is 3.92. The summed E-state index contributed by atoms with van der Waals surface area (Å²) in [6, 6.07) is 5.57. The van der Waals surface area contributed by atoms with Crippen LogP contribution in [0.2, 0.25) is 5.02 Å². The van der Waals surface area contributed by atoms with E-state index >= 15 is 0 Å². The van der Waals surface area contributed by atoms with Gasteiger partial charge in [0.2, 0.25) is 0 Å². The number of fused-ring (bicyclic) bond motifs is 1. The van der Waals surface area contributed by atoms with Gasteiger partial charge in [0.25, 0.3) is 0 Å². The number of thioether (sulfide) groups is 1. The first-order valence-corrected chi connectivity index (χ1v) is 7.55. The number of nitrogens with two attached hydrogens (primary N) is 1. The molecule has 0 fully saturated rings. The van der Waals surface area contributed by atoms with Gasteiger partial charge in [0, 0.05) is 39.1 Å². The van der Waals surface area contributed by atoms with Gasteiger partial charge in [-0.1, -0.05) is 11.6 Å². The Balaban J connectivity index is 1.76. The number of aromatic nitrogens is 2. The molecule has 0 aliphatic carbocycles. The minimum Gasteiger partial charge on any atom is -0.398 e. The number of halogens is 1. The molecule has 0 aliphatic rings. The van der Waals surface area contributed by atoms with Gasteiger partial charge < -0.3 is 5.73 Å². The van der Waals surface area contributed by atoms with Crippen molar-refractivity contribution in [3.63, 3.8) is 0 Å². The highest BCUT2D eigenvalue weighted by molar-refractivity contribution is 7.98. The van der Waals surface area contributed by atoms with E-state index in [0.717, 1.165) is 21.3 Å². The lowest BCUT2D eigenvalue weighted by Crippen LogP contribution is -1.89. The summed E-state index contributed by atoms with van der Waals surface area (Å²) < 4.78 is 2.03. The Kier molecular flexibility index (Phi) is 3.20. The fourth-order valence-electron chi connectivity index (χ4n) is 1.65. The molecule has 2 aromatic heterocycles. The number of benzene rings is 1. The van der Waals surface area contributed by atoms with Crippen molar-refractivity contribution in [3.8, 4) is 0 Å². The zero-order chi connectivity index (χ0) is 12.5. The van der Waals surface area contributed by atoms with Crippen LogP contribution < -0.4 is 5.73 Å². The first-order valence-electron chi connectivity index (χ1n) is 5.31. The van der Waals surface area contributed by atoms with Gasteiger partial charge in [0.05, 0.1) is 5.69 Å². The Hall–Kier alpha value is -1.17. The Morgan fingerprint density at radius 2 is 2.33 bits per heavy atom. The number of imidazole rings is 1. The van der Waals surface area contributed by atoms with Gasteiger partial charge in [-0.2, -0.15) is 0 Å². The highest BCUT2D eigenvalue weighted by Gasteiger charge is 2.05. The van der Waals surface area contributed by atoms with Crippen molar-refractivity contribution in [2.45, 2.75) is 10.6 Å². The van der Waals surface area contributed by atoms with E-state index in [1.807, 2.05) is 34.3 Å². The first-order chi connectivity index (χ1) is 8.72. The van der Waals surface area contributed by atoms with E-state index < -0.39 is 0 Å². The van der Waals surface area contributed by atoms with E-state index in [1.54, 1.807) is 29.2 Å². The van der Waals surface area contributed by atoms with Gasteiger partial charge in [-0.3, -0.25) is 4.40 Å². The molecule has 0 amide bonds. The molecule has 0 spiro atoms. The van der Waals surface area contributed by atoms with Gasteiger partial charge in [0.1, 0.15) is 0 Å². The van der Waals surface area contributed by atoms with Crippen LogP contribution >= 0.6 is 34.7 Å². The van der Waals surface area contributed by atoms with Crippen LogP contribution in [0.4, 0.5) is 5.69 Å². The van der Waals surface area contributed by atoms with Crippen molar-refractivity contribution in [2.24, 2.45) is 0 Å². The van der Waals surface area contributed by atoms with Crippen LogP contribution in [-0.2, 0) is 5.75 Å². The smallest absolute Gasteiger partial charge is 0.193 e. The second-order valence-corrected chi connectivity index (χ2v) is 6.12. The van der Waals surface area contributed by atoms with Gasteiger partial charge in [-0.15, -0.1) is 23.1 Å². The van der Waals surface area contributed by atoms with Crippen LogP contribution in [0.5, 0.6) is 0 Å². The number of rotatable bonds is 3. The number of nitrogens with zero attached hydrogens (tertiary/aromatic N) is 2. The van der Waals surface area contributed by atoms with Crippen LogP contribution in [0.15, 0.2) is 40.9 Å². The molecule has 92 valence electrons. The molecule has 6 heteroatoms. The zero-order valence-corrected chi connectivity index (χ0v) is 11.7. The molecule has 0 aliphatic heterocycles. The average Bonchev–Trinajstić information content (AvgIpc) is 2.88. The molecular weight excluding hydrogens is 286 g/mol. The summed E-state index contributed by atoms with van der Waals surface area (Å²) in [7, 11) is 0. The SMILES string of the molecule is Nc1cc(Cl)ccc1SCc1cn2ccsc2n1. The maximum absolute atomic E-state index is 5.91. The lowest BCUT2D eigenvalue weighted by Gasteiger charge is -2.04. The maximum atomic E-state index is 5.91. The Morgan fingerprint density at radius 3 is 3.11 bits per heavy atom. The summed E-state index contributed by atoms with van der Waals surface area (Å²) in [5.41, 5.74) is 7.68. The monoisotopic (exact) mass is 295 g/mol. The number of hydrogen-bond acceptors (Lipinski definition) is 4. The normalized spacial score (nSPS) is 11.2. The molecule has 0 atom stereocenters. The lowest BCUT2D eigenvalue weighted by molar-refractivity contribution is 1.21. The standard InChI is InChI=1S/C12H10ClN3S2/c13-8-1-2-11(10(14)5-8)18-7-9-6-16-3-4-17-12(16)15-9/h1-6H,7,14H2. The molecule has 3 nitrogen and oxygen atoms in total. The maximum Gasteiger partial charge on any atom is 0.193 e. The van der Waals surface area contributed by atoms with Crippen LogP contribution in [0.3, 0.4) is 0 Å². The third-order valence-electron chi connectivity index (χ3n) is 2.49. The molecule has 0 unspecified atom stereocenters. The molecule has 1 aromatic carbocycles. The highest BCUT2D eigenvalue weighted by Crippen LogP contribution is 2.30. The first kappa shape index (κ1) is 11.9. The molecule has 3 aromatic rings.